The van der Waals surface area contributed by atoms with Crippen molar-refractivity contribution in [2.24, 2.45) is 5.92 Å². The summed E-state index contributed by atoms with van der Waals surface area (Å²) in [5.41, 5.74) is 0.397. The molecule has 0 atom stereocenters. The molecule has 2 heterocycles. The molecule has 1 saturated heterocycles. The van der Waals surface area contributed by atoms with Gasteiger partial charge in [-0.25, -0.2) is 9.37 Å². The third-order valence-corrected chi connectivity index (χ3v) is 6.89. The fourth-order valence-electron chi connectivity index (χ4n) is 4.52. The molecule has 3 N–H and O–H groups in total. The average Bonchev–Trinajstić information content (AvgIpc) is 3.85. The first-order chi connectivity index (χ1) is 20.7. The second-order valence-corrected chi connectivity index (χ2v) is 10.1. The van der Waals surface area contributed by atoms with Crippen LogP contribution < -0.4 is 20.7 Å². The van der Waals surface area contributed by atoms with Crippen LogP contribution in [0.3, 0.4) is 0 Å². The summed E-state index contributed by atoms with van der Waals surface area (Å²) in [6, 6.07) is 11.2. The third kappa shape index (κ3) is 8.98. The molecule has 1 aliphatic heterocycles. The first-order valence-electron chi connectivity index (χ1n) is 14.3. The van der Waals surface area contributed by atoms with E-state index in [0.29, 0.717) is 43.1 Å². The molecule has 1 saturated carbocycles. The molecule has 8 nitrogen and oxygen atoms in total. The molecule has 230 valence electrons. The van der Waals surface area contributed by atoms with Gasteiger partial charge < -0.3 is 20.7 Å². The van der Waals surface area contributed by atoms with E-state index in [4.69, 9.17) is 4.74 Å². The van der Waals surface area contributed by atoms with Gasteiger partial charge in [-0.3, -0.25) is 14.5 Å². The van der Waals surface area contributed by atoms with Gasteiger partial charge in [0.25, 0.3) is 5.91 Å². The van der Waals surface area contributed by atoms with Crippen molar-refractivity contribution < 1.29 is 31.9 Å². The number of ether oxygens (including phenoxy) is 1. The van der Waals surface area contributed by atoms with Gasteiger partial charge in [-0.15, -0.1) is 0 Å². The maximum atomic E-state index is 14.7. The van der Waals surface area contributed by atoms with Crippen molar-refractivity contribution >= 4 is 23.3 Å². The molecule has 43 heavy (non-hydrogen) atoms. The number of hydrogen-bond acceptors (Lipinski definition) is 6. The number of aromatic nitrogens is 1. The number of alkyl halides is 3. The van der Waals surface area contributed by atoms with E-state index in [-0.39, 0.29) is 35.4 Å². The Balaban J connectivity index is 0.00000207. The molecule has 0 bridgehead atoms. The number of anilines is 2. The summed E-state index contributed by atoms with van der Waals surface area (Å²) in [4.78, 5) is 30.4. The van der Waals surface area contributed by atoms with Gasteiger partial charge in [-0.05, 0) is 60.4 Å². The molecule has 2 amide bonds. The molecule has 0 radical (unpaired) electrons. The number of piperazine rings is 1. The van der Waals surface area contributed by atoms with Crippen LogP contribution in [0.2, 0.25) is 0 Å². The van der Waals surface area contributed by atoms with Gasteiger partial charge in [0.15, 0.2) is 18.2 Å². The lowest BCUT2D eigenvalue weighted by Gasteiger charge is -2.28. The van der Waals surface area contributed by atoms with Gasteiger partial charge in [-0.2, -0.15) is 13.2 Å². The summed E-state index contributed by atoms with van der Waals surface area (Å²) in [5.74, 6) is -1.25. The van der Waals surface area contributed by atoms with Crippen LogP contribution in [0.15, 0.2) is 54.7 Å². The number of nitrogens with zero attached hydrogens (tertiary/aromatic N) is 2. The number of nitrogens with one attached hydrogen (secondary N) is 3. The topological polar surface area (TPSA) is 95.6 Å². The SMILES string of the molecule is CC.O=C(COc1ccc(-c2ccc(NC(=O)C3CC3)nc2)cc1F)Nc1ccc(CN2CCNCC2)c(C(F)(F)F)c1. The molecule has 0 unspecified atom stereocenters. The van der Waals surface area contributed by atoms with E-state index >= 15 is 0 Å². The molecule has 1 aromatic heterocycles. The molecule has 2 fully saturated rings. The Morgan fingerprint density at radius 2 is 1.72 bits per heavy atom. The Hall–Kier alpha value is -4.03. The van der Waals surface area contributed by atoms with Crippen LogP contribution in [0.4, 0.5) is 29.1 Å². The highest BCUT2D eigenvalue weighted by Crippen LogP contribution is 2.35. The number of benzene rings is 2. The molecule has 12 heteroatoms. The van der Waals surface area contributed by atoms with Gasteiger partial charge in [0.1, 0.15) is 5.82 Å². The molecule has 2 aliphatic rings. The van der Waals surface area contributed by atoms with Crippen molar-refractivity contribution in [2.45, 2.75) is 39.4 Å². The van der Waals surface area contributed by atoms with Crippen LogP contribution in [-0.2, 0) is 22.3 Å². The summed E-state index contributed by atoms with van der Waals surface area (Å²) in [5, 5.41) is 8.29. The second kappa shape index (κ2) is 14.4. The standard InChI is InChI=1S/C29H29F4N5O3.C2H6/c30-24-13-19(20-5-8-26(35-15-20)37-28(40)18-1-2-18)4-7-25(24)41-17-27(39)36-22-6-3-21(23(14-22)29(31,32)33)16-38-11-9-34-10-12-38;1-2/h3-8,13-15,18,34H,1-2,9-12,16-17H2,(H,36,39)(H,35,37,40);1-2H3. The Morgan fingerprint density at radius 1 is 1.00 bits per heavy atom. The Morgan fingerprint density at radius 3 is 2.35 bits per heavy atom. The van der Waals surface area contributed by atoms with Gasteiger partial charge in [0.05, 0.1) is 5.56 Å². The smallest absolute Gasteiger partial charge is 0.416 e. The minimum atomic E-state index is -4.59. The Bertz CT molecular complexity index is 1410. The quantitative estimate of drug-likeness (QED) is 0.272. The zero-order chi connectivity index (χ0) is 31.0. The van der Waals surface area contributed by atoms with E-state index < -0.39 is 30.1 Å². The summed E-state index contributed by atoms with van der Waals surface area (Å²) < 4.78 is 61.3. The Labute approximate surface area is 247 Å². The van der Waals surface area contributed by atoms with Crippen LogP contribution >= 0.6 is 0 Å². The molecule has 3 aromatic rings. The number of amides is 2. The van der Waals surface area contributed by atoms with Crippen LogP contribution in [0.1, 0.15) is 37.8 Å². The molecule has 0 spiro atoms. The van der Waals surface area contributed by atoms with Crippen molar-refractivity contribution in [1.29, 1.82) is 0 Å². The second-order valence-electron chi connectivity index (χ2n) is 10.1. The zero-order valence-electron chi connectivity index (χ0n) is 24.1. The minimum Gasteiger partial charge on any atom is -0.481 e. The van der Waals surface area contributed by atoms with E-state index in [9.17, 15) is 27.2 Å². The van der Waals surface area contributed by atoms with Gasteiger partial charge in [0, 0.05) is 56.1 Å². The van der Waals surface area contributed by atoms with Crippen molar-refractivity contribution in [3.63, 3.8) is 0 Å². The predicted molar refractivity (Wildman–Crippen MR) is 156 cm³/mol. The van der Waals surface area contributed by atoms with Crippen LogP contribution in [0, 0.1) is 11.7 Å². The van der Waals surface area contributed by atoms with Crippen LogP contribution in [0.5, 0.6) is 5.75 Å². The number of pyridine rings is 1. The van der Waals surface area contributed by atoms with E-state index in [1.165, 1.54) is 30.5 Å². The highest BCUT2D eigenvalue weighted by molar-refractivity contribution is 5.93. The Kier molecular flexibility index (Phi) is 10.7. The van der Waals surface area contributed by atoms with Crippen molar-refractivity contribution in [2.75, 3.05) is 43.4 Å². The molecular formula is C31H35F4N5O3. The van der Waals surface area contributed by atoms with E-state index in [1.807, 2.05) is 18.7 Å². The normalized spacial score (nSPS) is 15.2. The molecule has 5 rings (SSSR count). The maximum absolute atomic E-state index is 14.7. The lowest BCUT2D eigenvalue weighted by molar-refractivity contribution is -0.138. The first-order valence-corrected chi connectivity index (χ1v) is 14.3. The fraction of sp³-hybridized carbons (Fsp3) is 0.387. The van der Waals surface area contributed by atoms with Gasteiger partial charge in [0.2, 0.25) is 5.91 Å². The fourth-order valence-corrected chi connectivity index (χ4v) is 4.52. The van der Waals surface area contributed by atoms with Gasteiger partial charge in [-0.1, -0.05) is 26.0 Å². The highest BCUT2D eigenvalue weighted by Gasteiger charge is 2.34. The highest BCUT2D eigenvalue weighted by atomic mass is 19.4. The number of halogens is 4. The number of carbonyl (C=O) groups is 2. The largest absolute Gasteiger partial charge is 0.481 e. The van der Waals surface area contributed by atoms with Crippen molar-refractivity contribution in [1.82, 2.24) is 15.2 Å². The van der Waals surface area contributed by atoms with Crippen molar-refractivity contribution in [3.8, 4) is 16.9 Å². The van der Waals surface area contributed by atoms with Crippen LogP contribution in [-0.4, -0.2) is 54.5 Å². The lowest BCUT2D eigenvalue weighted by Crippen LogP contribution is -2.43. The lowest BCUT2D eigenvalue weighted by atomic mass is 10.0. The monoisotopic (exact) mass is 601 g/mol. The maximum Gasteiger partial charge on any atom is 0.416 e. The molecular weight excluding hydrogens is 566 g/mol. The zero-order valence-corrected chi connectivity index (χ0v) is 24.1. The molecule has 1 aliphatic carbocycles. The summed E-state index contributed by atoms with van der Waals surface area (Å²) in [7, 11) is 0. The first kappa shape index (κ1) is 31.9. The third-order valence-electron chi connectivity index (χ3n) is 6.89. The number of rotatable bonds is 9. The summed E-state index contributed by atoms with van der Waals surface area (Å²) in [6.45, 7) is 6.27. The van der Waals surface area contributed by atoms with E-state index in [1.54, 1.807) is 18.2 Å². The number of carbonyl (C=O) groups excluding carboxylic acids is 2. The number of hydrogen-bond donors (Lipinski definition) is 3. The van der Waals surface area contributed by atoms with E-state index in [0.717, 1.165) is 18.9 Å². The summed E-state index contributed by atoms with van der Waals surface area (Å²) >= 11 is 0. The van der Waals surface area contributed by atoms with Gasteiger partial charge >= 0.3 is 6.18 Å². The summed E-state index contributed by atoms with van der Waals surface area (Å²) in [6.07, 6.45) is -1.33. The predicted octanol–water partition coefficient (Wildman–Crippen LogP) is 5.70. The van der Waals surface area contributed by atoms with E-state index in [2.05, 4.69) is 20.9 Å². The minimum absolute atomic E-state index is 0.0323. The molecule has 2 aromatic carbocycles. The average molecular weight is 602 g/mol. The van der Waals surface area contributed by atoms with Crippen molar-refractivity contribution in [3.05, 3.63) is 71.7 Å². The van der Waals surface area contributed by atoms with Crippen LogP contribution in [0.25, 0.3) is 11.1 Å².